The first kappa shape index (κ1) is 20.1. The van der Waals surface area contributed by atoms with Crippen molar-refractivity contribution < 1.29 is 23.1 Å². The molecule has 2 rings (SSSR count). The number of carboxylic acids is 1. The molecule has 0 saturated heterocycles. The number of carbonyl (C=O) groups excluding carboxylic acids is 1. The lowest BCUT2D eigenvalue weighted by molar-refractivity contribution is -0.138. The van der Waals surface area contributed by atoms with Crippen LogP contribution in [0.1, 0.15) is 17.4 Å². The van der Waals surface area contributed by atoms with Gasteiger partial charge in [-0.1, -0.05) is 30.3 Å². The van der Waals surface area contributed by atoms with E-state index in [4.69, 9.17) is 0 Å². The van der Waals surface area contributed by atoms with E-state index in [0.717, 1.165) is 21.8 Å². The predicted octanol–water partition coefficient (Wildman–Crippen LogP) is 1.40. The molecule has 3 N–H and O–H groups in total. The third kappa shape index (κ3) is 5.94. The van der Waals surface area contributed by atoms with E-state index in [1.807, 2.05) is 0 Å². The Hall–Kier alpha value is -2.23. The number of amides is 1. The van der Waals surface area contributed by atoms with Crippen molar-refractivity contribution in [1.29, 1.82) is 0 Å². The Labute approximate surface area is 156 Å². The predicted molar refractivity (Wildman–Crippen MR) is 98.6 cm³/mol. The zero-order valence-corrected chi connectivity index (χ0v) is 15.8. The topological polar surface area (TPSA) is 113 Å². The SMILES string of the molecule is CC(=O)NCCc1ccc(S(=O)(=O)N[C@H](Cc2ccccc2)C(=O)O)s1. The highest BCUT2D eigenvalue weighted by Crippen LogP contribution is 2.22. The molecule has 1 aromatic heterocycles. The fraction of sp³-hybridized carbons (Fsp3) is 0.294. The van der Waals surface area contributed by atoms with Crippen molar-refractivity contribution in [1.82, 2.24) is 10.0 Å². The number of aliphatic carboxylic acids is 1. The van der Waals surface area contributed by atoms with Crippen molar-refractivity contribution in [2.75, 3.05) is 6.54 Å². The maximum atomic E-state index is 12.5. The number of rotatable bonds is 9. The zero-order valence-electron chi connectivity index (χ0n) is 14.1. The van der Waals surface area contributed by atoms with Gasteiger partial charge in [-0.25, -0.2) is 8.42 Å². The summed E-state index contributed by atoms with van der Waals surface area (Å²) in [5.74, 6) is -1.39. The molecule has 1 aromatic carbocycles. The summed E-state index contributed by atoms with van der Waals surface area (Å²) in [5.41, 5.74) is 0.727. The van der Waals surface area contributed by atoms with E-state index < -0.39 is 22.0 Å². The summed E-state index contributed by atoms with van der Waals surface area (Å²) in [6.07, 6.45) is 0.558. The number of hydrogen-bond donors (Lipinski definition) is 3. The molecule has 140 valence electrons. The number of carboxylic acid groups (broad SMARTS) is 1. The molecule has 26 heavy (non-hydrogen) atoms. The van der Waals surface area contributed by atoms with Crippen LogP contribution in [-0.2, 0) is 32.5 Å². The van der Waals surface area contributed by atoms with Crippen LogP contribution in [0.15, 0.2) is 46.7 Å². The largest absolute Gasteiger partial charge is 0.480 e. The van der Waals surface area contributed by atoms with Gasteiger partial charge >= 0.3 is 5.97 Å². The smallest absolute Gasteiger partial charge is 0.322 e. The summed E-state index contributed by atoms with van der Waals surface area (Å²) >= 11 is 1.06. The number of sulfonamides is 1. The maximum absolute atomic E-state index is 12.5. The van der Waals surface area contributed by atoms with Crippen LogP contribution >= 0.6 is 11.3 Å². The van der Waals surface area contributed by atoms with Gasteiger partial charge in [-0.2, -0.15) is 4.72 Å². The maximum Gasteiger partial charge on any atom is 0.322 e. The second-order valence-electron chi connectivity index (χ2n) is 5.66. The normalized spacial score (nSPS) is 12.5. The van der Waals surface area contributed by atoms with Gasteiger partial charge in [-0.3, -0.25) is 9.59 Å². The lowest BCUT2D eigenvalue weighted by Gasteiger charge is -2.14. The molecule has 0 aliphatic carbocycles. The third-order valence-corrected chi connectivity index (χ3v) is 6.63. The van der Waals surface area contributed by atoms with Gasteiger partial charge in [0.05, 0.1) is 0 Å². The van der Waals surface area contributed by atoms with E-state index in [1.54, 1.807) is 36.4 Å². The molecular formula is C17H20N2O5S2. The van der Waals surface area contributed by atoms with Gasteiger partial charge in [-0.15, -0.1) is 11.3 Å². The molecule has 0 aliphatic rings. The monoisotopic (exact) mass is 396 g/mol. The van der Waals surface area contributed by atoms with Crippen LogP contribution in [-0.4, -0.2) is 38.0 Å². The van der Waals surface area contributed by atoms with Crippen molar-refractivity contribution in [3.63, 3.8) is 0 Å². The van der Waals surface area contributed by atoms with E-state index in [0.29, 0.717) is 13.0 Å². The molecule has 7 nitrogen and oxygen atoms in total. The zero-order chi connectivity index (χ0) is 19.2. The van der Waals surface area contributed by atoms with Gasteiger partial charge in [-0.05, 0) is 30.5 Å². The summed E-state index contributed by atoms with van der Waals surface area (Å²) in [6.45, 7) is 1.82. The van der Waals surface area contributed by atoms with Crippen molar-refractivity contribution in [2.24, 2.45) is 0 Å². The third-order valence-electron chi connectivity index (χ3n) is 3.53. The van der Waals surface area contributed by atoms with E-state index in [-0.39, 0.29) is 16.5 Å². The Bertz CT molecular complexity index is 862. The Morgan fingerprint density at radius 1 is 1.15 bits per heavy atom. The van der Waals surface area contributed by atoms with Crippen LogP contribution in [0.5, 0.6) is 0 Å². The molecule has 0 fully saturated rings. The highest BCUT2D eigenvalue weighted by atomic mass is 32.2. The highest BCUT2D eigenvalue weighted by molar-refractivity contribution is 7.91. The number of thiophene rings is 1. The molecule has 9 heteroatoms. The van der Waals surface area contributed by atoms with E-state index in [1.165, 1.54) is 13.0 Å². The summed E-state index contributed by atoms with van der Waals surface area (Å²) in [4.78, 5) is 23.1. The summed E-state index contributed by atoms with van der Waals surface area (Å²) < 4.78 is 27.3. The Morgan fingerprint density at radius 3 is 2.46 bits per heavy atom. The van der Waals surface area contributed by atoms with Crippen LogP contribution in [0.2, 0.25) is 0 Å². The molecule has 2 aromatic rings. The molecule has 0 spiro atoms. The fourth-order valence-electron chi connectivity index (χ4n) is 2.27. The highest BCUT2D eigenvalue weighted by Gasteiger charge is 2.26. The molecule has 1 heterocycles. The van der Waals surface area contributed by atoms with Crippen molar-refractivity contribution in [3.8, 4) is 0 Å². The second-order valence-corrected chi connectivity index (χ2v) is 8.76. The summed E-state index contributed by atoms with van der Waals surface area (Å²) in [6, 6.07) is 10.7. The Balaban J connectivity index is 2.06. The van der Waals surface area contributed by atoms with E-state index >= 15 is 0 Å². The first-order valence-corrected chi connectivity index (χ1v) is 10.2. The van der Waals surface area contributed by atoms with Gasteiger partial charge in [0.25, 0.3) is 10.0 Å². The van der Waals surface area contributed by atoms with Gasteiger partial charge in [0.15, 0.2) is 0 Å². The van der Waals surface area contributed by atoms with Crippen molar-refractivity contribution in [2.45, 2.75) is 30.0 Å². The average molecular weight is 396 g/mol. The lowest BCUT2D eigenvalue weighted by atomic mass is 10.1. The summed E-state index contributed by atoms with van der Waals surface area (Å²) in [7, 11) is -3.94. The molecule has 0 aliphatic heterocycles. The number of carbonyl (C=O) groups is 2. The van der Waals surface area contributed by atoms with E-state index in [2.05, 4.69) is 10.0 Å². The molecule has 0 bridgehead atoms. The fourth-order valence-corrected chi connectivity index (χ4v) is 4.83. The van der Waals surface area contributed by atoms with Gasteiger partial charge in [0.1, 0.15) is 10.3 Å². The lowest BCUT2D eigenvalue weighted by Crippen LogP contribution is -2.42. The van der Waals surface area contributed by atoms with Crippen LogP contribution in [0, 0.1) is 0 Å². The van der Waals surface area contributed by atoms with Crippen LogP contribution in [0.25, 0.3) is 0 Å². The Morgan fingerprint density at radius 2 is 1.85 bits per heavy atom. The minimum atomic E-state index is -3.94. The van der Waals surface area contributed by atoms with Gasteiger partial charge in [0, 0.05) is 18.3 Å². The van der Waals surface area contributed by atoms with Crippen LogP contribution < -0.4 is 10.0 Å². The van der Waals surface area contributed by atoms with Crippen molar-refractivity contribution >= 4 is 33.2 Å². The Kier molecular flexibility index (Phi) is 6.90. The van der Waals surface area contributed by atoms with E-state index in [9.17, 15) is 23.1 Å². The number of nitrogens with one attached hydrogen (secondary N) is 2. The standard InChI is InChI=1S/C17H20N2O5S2/c1-12(20)18-10-9-14-7-8-16(25-14)26(23,24)19-15(17(21)22)11-13-5-3-2-4-6-13/h2-8,15,19H,9-11H2,1H3,(H,18,20)(H,21,22)/t15-/m1/s1. The molecular weight excluding hydrogens is 376 g/mol. The molecule has 0 unspecified atom stereocenters. The molecule has 1 atom stereocenters. The van der Waals surface area contributed by atoms with Crippen molar-refractivity contribution in [3.05, 3.63) is 52.9 Å². The van der Waals surface area contributed by atoms with Crippen LogP contribution in [0.3, 0.4) is 0 Å². The first-order chi connectivity index (χ1) is 12.3. The average Bonchev–Trinajstić information content (AvgIpc) is 3.04. The first-order valence-electron chi connectivity index (χ1n) is 7.90. The molecule has 1 amide bonds. The summed E-state index contributed by atoms with van der Waals surface area (Å²) in [5, 5.41) is 12.0. The number of benzene rings is 1. The number of hydrogen-bond acceptors (Lipinski definition) is 5. The quantitative estimate of drug-likeness (QED) is 0.593. The van der Waals surface area contributed by atoms with Crippen LogP contribution in [0.4, 0.5) is 0 Å². The minimum absolute atomic E-state index is 0.0506. The molecule has 0 radical (unpaired) electrons. The molecule has 0 saturated carbocycles. The van der Waals surface area contributed by atoms with Gasteiger partial charge in [0.2, 0.25) is 5.91 Å². The second kappa shape index (κ2) is 8.93. The van der Waals surface area contributed by atoms with Gasteiger partial charge < -0.3 is 10.4 Å². The minimum Gasteiger partial charge on any atom is -0.480 e.